The van der Waals surface area contributed by atoms with Gasteiger partial charge in [0.15, 0.2) is 5.16 Å². The van der Waals surface area contributed by atoms with Crippen molar-refractivity contribution in [1.82, 2.24) is 14.9 Å². The molecule has 1 aliphatic rings. The summed E-state index contributed by atoms with van der Waals surface area (Å²) < 4.78 is 5.30. The first-order chi connectivity index (χ1) is 13.4. The number of carbonyl (C=O) groups excluding carboxylic acids is 2. The normalized spacial score (nSPS) is 14.0. The molecule has 0 aliphatic carbocycles. The standard InChI is InChI=1S/C18H20ClN5O3S/c1-10-3-4-11(17(26)24-5-7-27-8-6-24)9-12(10)21-16-13(15(20)25)14(19)22-18(23-16)28-2/h3-4,9H,5-8H2,1-2H3,(H2,20,25)(H,21,22,23). The molecule has 0 saturated carbocycles. The second-order valence-electron chi connectivity index (χ2n) is 6.15. The SMILES string of the molecule is CSc1nc(Cl)c(C(N)=O)c(Nc2cc(C(=O)N3CCOCC3)ccc2C)n1. The average molecular weight is 422 g/mol. The Bertz CT molecular complexity index is 918. The summed E-state index contributed by atoms with van der Waals surface area (Å²) in [6, 6.07) is 5.33. The van der Waals surface area contributed by atoms with E-state index in [0.29, 0.717) is 42.7 Å². The summed E-state index contributed by atoms with van der Waals surface area (Å²) in [4.78, 5) is 34.7. The smallest absolute Gasteiger partial charge is 0.255 e. The molecule has 1 aromatic carbocycles. The van der Waals surface area contributed by atoms with Crippen molar-refractivity contribution in [2.45, 2.75) is 12.1 Å². The van der Waals surface area contributed by atoms with E-state index in [0.717, 1.165) is 5.56 Å². The van der Waals surface area contributed by atoms with Crippen molar-refractivity contribution in [2.75, 3.05) is 37.9 Å². The number of aromatic nitrogens is 2. The van der Waals surface area contributed by atoms with E-state index >= 15 is 0 Å². The number of thioether (sulfide) groups is 1. The van der Waals surface area contributed by atoms with Gasteiger partial charge in [0.1, 0.15) is 16.5 Å². The Morgan fingerprint density at radius 3 is 2.64 bits per heavy atom. The Balaban J connectivity index is 1.95. The molecule has 2 amide bonds. The Labute approximate surface area is 171 Å². The number of nitrogens with zero attached hydrogens (tertiary/aromatic N) is 3. The summed E-state index contributed by atoms with van der Waals surface area (Å²) >= 11 is 7.41. The molecule has 2 aromatic rings. The zero-order chi connectivity index (χ0) is 20.3. The van der Waals surface area contributed by atoms with Gasteiger partial charge in [-0.3, -0.25) is 9.59 Å². The molecule has 8 nitrogen and oxygen atoms in total. The third-order valence-corrected chi connectivity index (χ3v) is 5.13. The quantitative estimate of drug-likeness (QED) is 0.433. The number of primary amides is 1. The number of benzene rings is 1. The summed E-state index contributed by atoms with van der Waals surface area (Å²) in [5.74, 6) is -0.610. The van der Waals surface area contributed by atoms with Crippen molar-refractivity contribution < 1.29 is 14.3 Å². The molecule has 0 unspecified atom stereocenters. The van der Waals surface area contributed by atoms with Gasteiger partial charge in [0, 0.05) is 24.3 Å². The topological polar surface area (TPSA) is 110 Å². The van der Waals surface area contributed by atoms with E-state index in [2.05, 4.69) is 15.3 Å². The Hall–Kier alpha value is -2.36. The molecular formula is C18H20ClN5O3S. The van der Waals surface area contributed by atoms with Gasteiger partial charge in [-0.25, -0.2) is 9.97 Å². The molecule has 28 heavy (non-hydrogen) atoms. The lowest BCUT2D eigenvalue weighted by molar-refractivity contribution is 0.0303. The van der Waals surface area contributed by atoms with Gasteiger partial charge >= 0.3 is 0 Å². The third-order valence-electron chi connectivity index (χ3n) is 4.31. The number of hydrogen-bond acceptors (Lipinski definition) is 7. The zero-order valence-electron chi connectivity index (χ0n) is 15.5. The lowest BCUT2D eigenvalue weighted by atomic mass is 10.1. The third kappa shape index (κ3) is 4.37. The minimum atomic E-state index is -0.738. The highest BCUT2D eigenvalue weighted by Gasteiger charge is 2.21. The fraction of sp³-hybridized carbons (Fsp3) is 0.333. The summed E-state index contributed by atoms with van der Waals surface area (Å²) in [6.45, 7) is 4.05. The van der Waals surface area contributed by atoms with Crippen molar-refractivity contribution >= 4 is 46.7 Å². The van der Waals surface area contributed by atoms with Crippen LogP contribution < -0.4 is 11.1 Å². The number of nitrogens with one attached hydrogen (secondary N) is 1. The number of morpholine rings is 1. The van der Waals surface area contributed by atoms with Crippen LogP contribution in [0, 0.1) is 6.92 Å². The molecule has 1 aliphatic heterocycles. The average Bonchev–Trinajstić information content (AvgIpc) is 2.69. The van der Waals surface area contributed by atoms with Crippen LogP contribution in [0.2, 0.25) is 5.15 Å². The van der Waals surface area contributed by atoms with E-state index in [1.807, 2.05) is 13.0 Å². The van der Waals surface area contributed by atoms with E-state index < -0.39 is 5.91 Å². The van der Waals surface area contributed by atoms with E-state index in [1.165, 1.54) is 11.8 Å². The number of carbonyl (C=O) groups is 2. The maximum atomic E-state index is 12.8. The highest BCUT2D eigenvalue weighted by Crippen LogP contribution is 2.28. The zero-order valence-corrected chi connectivity index (χ0v) is 17.1. The number of amides is 2. The maximum Gasteiger partial charge on any atom is 0.255 e. The largest absolute Gasteiger partial charge is 0.378 e. The molecule has 0 radical (unpaired) electrons. The molecule has 1 aromatic heterocycles. The molecule has 0 spiro atoms. The number of halogens is 1. The first-order valence-electron chi connectivity index (χ1n) is 8.56. The number of rotatable bonds is 5. The number of aryl methyl sites for hydroxylation is 1. The van der Waals surface area contributed by atoms with Gasteiger partial charge < -0.3 is 20.7 Å². The maximum absolute atomic E-state index is 12.8. The van der Waals surface area contributed by atoms with Crippen molar-refractivity contribution in [2.24, 2.45) is 5.73 Å². The van der Waals surface area contributed by atoms with E-state index in [4.69, 9.17) is 22.1 Å². The van der Waals surface area contributed by atoms with E-state index in [-0.39, 0.29) is 22.4 Å². The summed E-state index contributed by atoms with van der Waals surface area (Å²) in [5.41, 5.74) is 7.48. The second kappa shape index (κ2) is 8.76. The van der Waals surface area contributed by atoms with Crippen molar-refractivity contribution in [3.63, 3.8) is 0 Å². The van der Waals surface area contributed by atoms with Gasteiger partial charge in [-0.05, 0) is 30.9 Å². The minimum Gasteiger partial charge on any atom is -0.378 e. The van der Waals surface area contributed by atoms with Crippen molar-refractivity contribution in [3.8, 4) is 0 Å². The van der Waals surface area contributed by atoms with Crippen LogP contribution in [0.25, 0.3) is 0 Å². The predicted molar refractivity (Wildman–Crippen MR) is 109 cm³/mol. The van der Waals surface area contributed by atoms with Crippen LogP contribution in [0.5, 0.6) is 0 Å². The Morgan fingerprint density at radius 2 is 2.00 bits per heavy atom. The van der Waals surface area contributed by atoms with Crippen LogP contribution in [0.3, 0.4) is 0 Å². The summed E-state index contributed by atoms with van der Waals surface area (Å²) in [7, 11) is 0. The van der Waals surface area contributed by atoms with Crippen LogP contribution in [0.15, 0.2) is 23.4 Å². The van der Waals surface area contributed by atoms with Crippen LogP contribution >= 0.6 is 23.4 Å². The Kier molecular flexibility index (Phi) is 6.38. The molecule has 0 bridgehead atoms. The van der Waals surface area contributed by atoms with Gasteiger partial charge in [-0.2, -0.15) is 0 Å². The lowest BCUT2D eigenvalue weighted by Gasteiger charge is -2.27. The van der Waals surface area contributed by atoms with Crippen LogP contribution in [0.4, 0.5) is 11.5 Å². The lowest BCUT2D eigenvalue weighted by Crippen LogP contribution is -2.40. The number of nitrogens with two attached hydrogens (primary N) is 1. The van der Waals surface area contributed by atoms with Gasteiger partial charge in [-0.15, -0.1) is 0 Å². The molecule has 1 saturated heterocycles. The number of ether oxygens (including phenoxy) is 1. The molecule has 0 atom stereocenters. The summed E-state index contributed by atoms with van der Waals surface area (Å²) in [5, 5.41) is 3.47. The van der Waals surface area contributed by atoms with Crippen LogP contribution in [-0.2, 0) is 4.74 Å². The van der Waals surface area contributed by atoms with E-state index in [9.17, 15) is 9.59 Å². The van der Waals surface area contributed by atoms with E-state index in [1.54, 1.807) is 23.3 Å². The molecular weight excluding hydrogens is 402 g/mol. The first-order valence-corrected chi connectivity index (χ1v) is 10.2. The molecule has 148 valence electrons. The molecule has 3 rings (SSSR count). The van der Waals surface area contributed by atoms with Gasteiger partial charge in [0.25, 0.3) is 11.8 Å². The molecule has 1 fully saturated rings. The molecule has 10 heteroatoms. The van der Waals surface area contributed by atoms with Crippen molar-refractivity contribution in [3.05, 3.63) is 40.0 Å². The monoisotopic (exact) mass is 421 g/mol. The van der Waals surface area contributed by atoms with Crippen LogP contribution in [0.1, 0.15) is 26.3 Å². The van der Waals surface area contributed by atoms with Crippen molar-refractivity contribution in [1.29, 1.82) is 0 Å². The number of anilines is 2. The second-order valence-corrected chi connectivity index (χ2v) is 7.28. The fourth-order valence-corrected chi connectivity index (χ4v) is 3.46. The van der Waals surface area contributed by atoms with Crippen LogP contribution in [-0.4, -0.2) is 59.2 Å². The summed E-state index contributed by atoms with van der Waals surface area (Å²) in [6.07, 6.45) is 1.80. The van der Waals surface area contributed by atoms with Gasteiger partial charge in [-0.1, -0.05) is 29.4 Å². The fourth-order valence-electron chi connectivity index (χ4n) is 2.78. The highest BCUT2D eigenvalue weighted by molar-refractivity contribution is 7.98. The highest BCUT2D eigenvalue weighted by atomic mass is 35.5. The molecule has 3 N–H and O–H groups in total. The first kappa shape index (κ1) is 20.4. The Morgan fingerprint density at radius 1 is 1.29 bits per heavy atom. The van der Waals surface area contributed by atoms with Gasteiger partial charge in [0.05, 0.1) is 13.2 Å². The molecule has 2 heterocycles. The minimum absolute atomic E-state index is 0.00350. The van der Waals surface area contributed by atoms with Gasteiger partial charge in [0.2, 0.25) is 0 Å². The predicted octanol–water partition coefficient (Wildman–Crippen LogP) is 2.48. The number of hydrogen-bond donors (Lipinski definition) is 2.